The van der Waals surface area contributed by atoms with Gasteiger partial charge in [-0.15, -0.1) is 0 Å². The fraction of sp³-hybridized carbons (Fsp3) is 0. The van der Waals surface area contributed by atoms with E-state index in [0.717, 1.165) is 11.8 Å². The Hall–Kier alpha value is -2.01. The highest BCUT2D eigenvalue weighted by atomic mass is 35.5. The summed E-state index contributed by atoms with van der Waals surface area (Å²) in [5, 5.41) is 0.306. The molecule has 0 amide bonds. The topological polar surface area (TPSA) is 54.5 Å². The van der Waals surface area contributed by atoms with Gasteiger partial charge in [0.1, 0.15) is 16.5 Å². The second kappa shape index (κ2) is 3.78. The summed E-state index contributed by atoms with van der Waals surface area (Å²) in [5.41, 5.74) is 2.61. The standard InChI is InChI=1S/C11H6ClFN4/c12-9-5-16-11-10(17-9)7(4-15-11)8-2-1-6(13)3-14-8/h1-5H,(H,15,16). The van der Waals surface area contributed by atoms with E-state index in [1.807, 2.05) is 0 Å². The summed E-state index contributed by atoms with van der Waals surface area (Å²) in [5.74, 6) is -0.377. The molecule has 0 aromatic carbocycles. The molecular formula is C11H6ClFN4. The highest BCUT2D eigenvalue weighted by Crippen LogP contribution is 2.25. The highest BCUT2D eigenvalue weighted by Gasteiger charge is 2.10. The first-order valence-corrected chi connectivity index (χ1v) is 5.23. The van der Waals surface area contributed by atoms with Gasteiger partial charge in [0.2, 0.25) is 0 Å². The monoisotopic (exact) mass is 248 g/mol. The molecule has 0 aliphatic heterocycles. The number of hydrogen-bond donors (Lipinski definition) is 1. The van der Waals surface area contributed by atoms with Gasteiger partial charge in [-0.05, 0) is 12.1 Å². The van der Waals surface area contributed by atoms with Crippen LogP contribution in [0.4, 0.5) is 4.39 Å². The number of nitrogens with one attached hydrogen (secondary N) is 1. The van der Waals surface area contributed by atoms with Crippen LogP contribution in [0.5, 0.6) is 0 Å². The summed E-state index contributed by atoms with van der Waals surface area (Å²) in [6.45, 7) is 0. The molecule has 0 unspecified atom stereocenters. The molecule has 0 radical (unpaired) electrons. The lowest BCUT2D eigenvalue weighted by atomic mass is 10.2. The Morgan fingerprint density at radius 2 is 2.06 bits per heavy atom. The first kappa shape index (κ1) is 10.2. The normalized spacial score (nSPS) is 10.9. The Balaban J connectivity index is 2.23. The third-order valence-electron chi connectivity index (χ3n) is 2.35. The van der Waals surface area contributed by atoms with Crippen molar-refractivity contribution in [2.75, 3.05) is 0 Å². The maximum absolute atomic E-state index is 12.8. The number of hydrogen-bond acceptors (Lipinski definition) is 3. The maximum Gasteiger partial charge on any atom is 0.156 e. The van der Waals surface area contributed by atoms with Crippen LogP contribution in [-0.2, 0) is 0 Å². The molecular weight excluding hydrogens is 243 g/mol. The fourth-order valence-corrected chi connectivity index (χ4v) is 1.73. The molecule has 0 saturated heterocycles. The molecule has 4 nitrogen and oxygen atoms in total. The van der Waals surface area contributed by atoms with Crippen molar-refractivity contribution < 1.29 is 4.39 Å². The van der Waals surface area contributed by atoms with E-state index in [4.69, 9.17) is 11.6 Å². The Bertz CT molecular complexity index is 678. The minimum absolute atomic E-state index is 0.306. The number of nitrogens with zero attached hydrogens (tertiary/aromatic N) is 3. The molecule has 0 spiro atoms. The Labute approximate surface area is 101 Å². The summed E-state index contributed by atoms with van der Waals surface area (Å²) >= 11 is 5.79. The maximum atomic E-state index is 12.8. The van der Waals surface area contributed by atoms with E-state index < -0.39 is 0 Å². The van der Waals surface area contributed by atoms with E-state index in [-0.39, 0.29) is 5.82 Å². The summed E-state index contributed by atoms with van der Waals surface area (Å²) in [6.07, 6.45) is 4.34. The smallest absolute Gasteiger partial charge is 0.156 e. The largest absolute Gasteiger partial charge is 0.344 e. The second-order valence-corrected chi connectivity index (χ2v) is 3.84. The zero-order valence-corrected chi connectivity index (χ0v) is 9.24. The number of pyridine rings is 1. The number of rotatable bonds is 1. The van der Waals surface area contributed by atoms with E-state index in [0.29, 0.717) is 22.0 Å². The molecule has 6 heteroatoms. The summed E-state index contributed by atoms with van der Waals surface area (Å²) < 4.78 is 12.8. The third-order valence-corrected chi connectivity index (χ3v) is 2.54. The number of halogens is 2. The van der Waals surface area contributed by atoms with Crippen molar-refractivity contribution in [3.63, 3.8) is 0 Å². The molecule has 17 heavy (non-hydrogen) atoms. The van der Waals surface area contributed by atoms with Crippen LogP contribution in [0, 0.1) is 5.82 Å². The third kappa shape index (κ3) is 1.74. The quantitative estimate of drug-likeness (QED) is 0.720. The van der Waals surface area contributed by atoms with E-state index in [1.165, 1.54) is 12.3 Å². The molecule has 0 bridgehead atoms. The average Bonchev–Trinajstić information content (AvgIpc) is 2.73. The van der Waals surface area contributed by atoms with Crippen LogP contribution in [0.25, 0.3) is 22.4 Å². The van der Waals surface area contributed by atoms with Crippen molar-refractivity contribution in [1.82, 2.24) is 19.9 Å². The minimum Gasteiger partial charge on any atom is -0.344 e. The molecule has 0 atom stereocenters. The minimum atomic E-state index is -0.377. The van der Waals surface area contributed by atoms with Crippen molar-refractivity contribution in [1.29, 1.82) is 0 Å². The van der Waals surface area contributed by atoms with Crippen LogP contribution >= 0.6 is 11.6 Å². The number of H-pyrrole nitrogens is 1. The molecule has 1 N–H and O–H groups in total. The van der Waals surface area contributed by atoms with Gasteiger partial charge in [-0.1, -0.05) is 11.6 Å². The number of fused-ring (bicyclic) bond motifs is 1. The number of aromatic amines is 1. The molecule has 3 rings (SSSR count). The summed E-state index contributed by atoms with van der Waals surface area (Å²) in [6, 6.07) is 2.93. The van der Waals surface area contributed by atoms with Crippen LogP contribution in [0.1, 0.15) is 0 Å². The zero-order chi connectivity index (χ0) is 11.8. The predicted molar refractivity (Wildman–Crippen MR) is 62.1 cm³/mol. The van der Waals surface area contributed by atoms with Gasteiger partial charge in [0.15, 0.2) is 5.65 Å². The molecule has 0 fully saturated rings. The van der Waals surface area contributed by atoms with E-state index in [1.54, 1.807) is 12.3 Å². The van der Waals surface area contributed by atoms with Gasteiger partial charge in [-0.25, -0.2) is 14.4 Å². The van der Waals surface area contributed by atoms with Gasteiger partial charge in [0, 0.05) is 11.8 Å². The second-order valence-electron chi connectivity index (χ2n) is 3.45. The van der Waals surface area contributed by atoms with Crippen molar-refractivity contribution in [3.05, 3.63) is 41.7 Å². The van der Waals surface area contributed by atoms with Crippen LogP contribution in [0.3, 0.4) is 0 Å². The highest BCUT2D eigenvalue weighted by molar-refractivity contribution is 6.29. The predicted octanol–water partition coefficient (Wildman–Crippen LogP) is 2.81. The van der Waals surface area contributed by atoms with Crippen LogP contribution in [-0.4, -0.2) is 19.9 Å². The molecule has 84 valence electrons. The van der Waals surface area contributed by atoms with E-state index in [2.05, 4.69) is 19.9 Å². The Kier molecular flexibility index (Phi) is 2.26. The molecule has 0 saturated carbocycles. The van der Waals surface area contributed by atoms with Gasteiger partial charge >= 0.3 is 0 Å². The van der Waals surface area contributed by atoms with Gasteiger partial charge in [0.25, 0.3) is 0 Å². The number of aromatic nitrogens is 4. The van der Waals surface area contributed by atoms with Crippen LogP contribution in [0.2, 0.25) is 5.15 Å². The lowest BCUT2D eigenvalue weighted by Crippen LogP contribution is -1.86. The lowest BCUT2D eigenvalue weighted by Gasteiger charge is -1.97. The molecule has 0 aliphatic rings. The van der Waals surface area contributed by atoms with Crippen LogP contribution in [0.15, 0.2) is 30.7 Å². The van der Waals surface area contributed by atoms with Gasteiger partial charge < -0.3 is 4.98 Å². The van der Waals surface area contributed by atoms with E-state index in [9.17, 15) is 4.39 Å². The molecule has 0 aliphatic carbocycles. The van der Waals surface area contributed by atoms with Gasteiger partial charge in [-0.2, -0.15) is 0 Å². The molecule has 3 aromatic heterocycles. The molecule has 3 heterocycles. The van der Waals surface area contributed by atoms with Gasteiger partial charge in [0.05, 0.1) is 18.1 Å². The fourth-order valence-electron chi connectivity index (χ4n) is 1.60. The lowest BCUT2D eigenvalue weighted by molar-refractivity contribution is 0.622. The Morgan fingerprint density at radius 3 is 2.82 bits per heavy atom. The zero-order valence-electron chi connectivity index (χ0n) is 8.48. The molecule has 3 aromatic rings. The first-order chi connectivity index (χ1) is 8.24. The van der Waals surface area contributed by atoms with Gasteiger partial charge in [-0.3, -0.25) is 4.98 Å². The Morgan fingerprint density at radius 1 is 1.18 bits per heavy atom. The van der Waals surface area contributed by atoms with Crippen molar-refractivity contribution in [2.24, 2.45) is 0 Å². The summed E-state index contributed by atoms with van der Waals surface area (Å²) in [4.78, 5) is 15.2. The SMILES string of the molecule is Fc1ccc(-c2c[nH]c3ncc(Cl)nc23)nc1. The average molecular weight is 249 g/mol. The van der Waals surface area contributed by atoms with Crippen molar-refractivity contribution in [2.45, 2.75) is 0 Å². The van der Waals surface area contributed by atoms with Crippen LogP contribution < -0.4 is 0 Å². The van der Waals surface area contributed by atoms with E-state index >= 15 is 0 Å². The summed E-state index contributed by atoms with van der Waals surface area (Å²) in [7, 11) is 0. The van der Waals surface area contributed by atoms with Crippen molar-refractivity contribution >= 4 is 22.8 Å². The van der Waals surface area contributed by atoms with Crippen molar-refractivity contribution in [3.8, 4) is 11.3 Å². The first-order valence-electron chi connectivity index (χ1n) is 4.85.